The Balaban J connectivity index is 1.53. The average Bonchev–Trinajstić information content (AvgIpc) is 2.79. The Morgan fingerprint density at radius 3 is 2.35 bits per heavy atom. The molecule has 3 aromatic carbocycles. The largest absolute Gasteiger partial charge is 0.495 e. The molecule has 0 saturated carbocycles. The lowest BCUT2D eigenvalue weighted by atomic mass is 9.90. The van der Waals surface area contributed by atoms with E-state index in [9.17, 15) is 14.0 Å². The van der Waals surface area contributed by atoms with Crippen LogP contribution in [0.2, 0.25) is 0 Å². The van der Waals surface area contributed by atoms with Crippen molar-refractivity contribution in [2.45, 2.75) is 25.7 Å². The first kappa shape index (κ1) is 20.6. The minimum atomic E-state index is -0.495. The van der Waals surface area contributed by atoms with Crippen LogP contribution in [-0.2, 0) is 12.8 Å². The van der Waals surface area contributed by atoms with Crippen molar-refractivity contribution in [3.8, 4) is 5.75 Å². The molecule has 1 aliphatic rings. The van der Waals surface area contributed by atoms with Crippen LogP contribution >= 0.6 is 0 Å². The number of aryl methyl sites for hydroxylation is 2. The third-order valence-electron chi connectivity index (χ3n) is 5.40. The van der Waals surface area contributed by atoms with Gasteiger partial charge in [-0.3, -0.25) is 9.59 Å². The first-order valence-corrected chi connectivity index (χ1v) is 10.2. The monoisotopic (exact) mass is 418 g/mol. The number of hydrogen-bond acceptors (Lipinski definition) is 3. The third-order valence-corrected chi connectivity index (χ3v) is 5.40. The van der Waals surface area contributed by atoms with E-state index in [0.717, 1.165) is 25.3 Å². The molecule has 2 amide bonds. The Kier molecular flexibility index (Phi) is 5.98. The molecule has 0 aliphatic heterocycles. The van der Waals surface area contributed by atoms with E-state index in [-0.39, 0.29) is 11.5 Å². The number of carbonyl (C=O) groups excluding carboxylic acids is 2. The molecule has 0 unspecified atom stereocenters. The highest BCUT2D eigenvalue weighted by molar-refractivity contribution is 6.07. The maximum atomic E-state index is 13.4. The van der Waals surface area contributed by atoms with Crippen molar-refractivity contribution < 1.29 is 18.7 Å². The molecule has 0 heterocycles. The highest BCUT2D eigenvalue weighted by Crippen LogP contribution is 2.29. The lowest BCUT2D eigenvalue weighted by Crippen LogP contribution is -2.15. The van der Waals surface area contributed by atoms with Crippen LogP contribution in [0.25, 0.3) is 0 Å². The molecule has 0 bridgehead atoms. The van der Waals surface area contributed by atoms with Gasteiger partial charge in [0.25, 0.3) is 11.8 Å². The molecule has 4 rings (SSSR count). The van der Waals surface area contributed by atoms with E-state index < -0.39 is 11.7 Å². The summed E-state index contributed by atoms with van der Waals surface area (Å²) < 4.78 is 18.7. The van der Waals surface area contributed by atoms with E-state index in [0.29, 0.717) is 22.7 Å². The van der Waals surface area contributed by atoms with Gasteiger partial charge in [0.15, 0.2) is 0 Å². The smallest absolute Gasteiger partial charge is 0.255 e. The molecule has 5 nitrogen and oxygen atoms in total. The fourth-order valence-corrected chi connectivity index (χ4v) is 3.79. The second-order valence-corrected chi connectivity index (χ2v) is 7.52. The molecule has 31 heavy (non-hydrogen) atoms. The number of fused-ring (bicyclic) bond motifs is 1. The van der Waals surface area contributed by atoms with Crippen molar-refractivity contribution in [1.82, 2.24) is 0 Å². The minimum Gasteiger partial charge on any atom is -0.495 e. The summed E-state index contributed by atoms with van der Waals surface area (Å²) in [5.41, 5.74) is 4.22. The normalized spacial score (nSPS) is 12.6. The first-order chi connectivity index (χ1) is 15.0. The Hall–Kier alpha value is -3.67. The summed E-state index contributed by atoms with van der Waals surface area (Å²) in [7, 11) is 1.48. The fourth-order valence-electron chi connectivity index (χ4n) is 3.79. The van der Waals surface area contributed by atoms with Gasteiger partial charge in [0, 0.05) is 16.8 Å². The van der Waals surface area contributed by atoms with E-state index in [1.165, 1.54) is 42.9 Å². The predicted molar refractivity (Wildman–Crippen MR) is 118 cm³/mol. The van der Waals surface area contributed by atoms with Gasteiger partial charge in [-0.15, -0.1) is 0 Å². The molecule has 0 spiro atoms. The summed E-state index contributed by atoms with van der Waals surface area (Å²) >= 11 is 0. The van der Waals surface area contributed by atoms with Gasteiger partial charge in [0.1, 0.15) is 11.6 Å². The molecule has 0 radical (unpaired) electrons. The molecule has 0 saturated heterocycles. The number of amides is 2. The maximum Gasteiger partial charge on any atom is 0.255 e. The first-order valence-electron chi connectivity index (χ1n) is 10.2. The summed E-state index contributed by atoms with van der Waals surface area (Å²) in [6, 6.07) is 16.2. The van der Waals surface area contributed by atoms with Gasteiger partial charge in [-0.25, -0.2) is 4.39 Å². The van der Waals surface area contributed by atoms with Gasteiger partial charge >= 0.3 is 0 Å². The van der Waals surface area contributed by atoms with Crippen LogP contribution in [0.3, 0.4) is 0 Å². The van der Waals surface area contributed by atoms with Gasteiger partial charge in [0.05, 0.1) is 12.8 Å². The van der Waals surface area contributed by atoms with Crippen LogP contribution in [0.4, 0.5) is 15.8 Å². The van der Waals surface area contributed by atoms with E-state index in [1.807, 2.05) is 18.2 Å². The molecular weight excluding hydrogens is 395 g/mol. The van der Waals surface area contributed by atoms with Crippen molar-refractivity contribution in [3.63, 3.8) is 0 Å². The van der Waals surface area contributed by atoms with Crippen molar-refractivity contribution in [1.29, 1.82) is 0 Å². The molecule has 0 fully saturated rings. The Labute approximate surface area is 180 Å². The van der Waals surface area contributed by atoms with E-state index in [2.05, 4.69) is 10.6 Å². The summed E-state index contributed by atoms with van der Waals surface area (Å²) in [5.74, 6) is -0.765. The number of methoxy groups -OCH3 is 1. The van der Waals surface area contributed by atoms with Crippen LogP contribution in [0, 0.1) is 5.82 Å². The van der Waals surface area contributed by atoms with Crippen molar-refractivity contribution in [2.24, 2.45) is 0 Å². The van der Waals surface area contributed by atoms with Gasteiger partial charge < -0.3 is 15.4 Å². The quantitative estimate of drug-likeness (QED) is 0.597. The standard InChI is InChI=1S/C25H23FN2O3/c1-31-23-12-11-21(15-22(23)28-25(30)18-7-4-8-20(26)14-18)27-24(29)19-10-9-16-5-2-3-6-17(16)13-19/h4,7-15H,2-3,5-6H2,1H3,(H,27,29)(H,28,30). The third kappa shape index (κ3) is 4.74. The minimum absolute atomic E-state index is 0.186. The highest BCUT2D eigenvalue weighted by atomic mass is 19.1. The van der Waals surface area contributed by atoms with Crippen LogP contribution in [0.15, 0.2) is 60.7 Å². The highest BCUT2D eigenvalue weighted by Gasteiger charge is 2.15. The topological polar surface area (TPSA) is 67.4 Å². The van der Waals surface area contributed by atoms with Crippen molar-refractivity contribution in [3.05, 3.63) is 88.7 Å². The van der Waals surface area contributed by atoms with Crippen LogP contribution in [0.1, 0.15) is 44.7 Å². The fraction of sp³-hybridized carbons (Fsp3) is 0.200. The van der Waals surface area contributed by atoms with Crippen LogP contribution in [0.5, 0.6) is 5.75 Å². The predicted octanol–water partition coefficient (Wildman–Crippen LogP) is 5.22. The maximum absolute atomic E-state index is 13.4. The number of rotatable bonds is 5. The molecule has 0 aromatic heterocycles. The number of anilines is 2. The number of benzene rings is 3. The van der Waals surface area contributed by atoms with E-state index in [4.69, 9.17) is 4.74 Å². The summed E-state index contributed by atoms with van der Waals surface area (Å²) in [6.45, 7) is 0. The SMILES string of the molecule is COc1ccc(NC(=O)c2ccc3c(c2)CCCC3)cc1NC(=O)c1cccc(F)c1. The zero-order valence-corrected chi connectivity index (χ0v) is 17.2. The van der Waals surface area contributed by atoms with Gasteiger partial charge in [0.2, 0.25) is 0 Å². The lowest BCUT2D eigenvalue weighted by Gasteiger charge is -2.17. The molecule has 158 valence electrons. The zero-order chi connectivity index (χ0) is 21.8. The number of carbonyl (C=O) groups is 2. The summed E-state index contributed by atoms with van der Waals surface area (Å²) in [6.07, 6.45) is 4.39. The number of hydrogen-bond donors (Lipinski definition) is 2. The van der Waals surface area contributed by atoms with Crippen LogP contribution < -0.4 is 15.4 Å². The summed E-state index contributed by atoms with van der Waals surface area (Å²) in [5, 5.41) is 5.59. The Bertz CT molecular complexity index is 1140. The van der Waals surface area contributed by atoms with Gasteiger partial charge in [-0.2, -0.15) is 0 Å². The second kappa shape index (κ2) is 9.00. The molecule has 3 aromatic rings. The van der Waals surface area contributed by atoms with Crippen molar-refractivity contribution in [2.75, 3.05) is 17.7 Å². The molecule has 2 N–H and O–H groups in total. The summed E-state index contributed by atoms with van der Waals surface area (Å²) in [4.78, 5) is 25.3. The second-order valence-electron chi connectivity index (χ2n) is 7.52. The lowest BCUT2D eigenvalue weighted by molar-refractivity contribution is 0.101. The molecule has 1 aliphatic carbocycles. The number of halogens is 1. The Morgan fingerprint density at radius 2 is 1.58 bits per heavy atom. The van der Waals surface area contributed by atoms with Crippen LogP contribution in [-0.4, -0.2) is 18.9 Å². The average molecular weight is 418 g/mol. The molecule has 0 atom stereocenters. The van der Waals surface area contributed by atoms with Gasteiger partial charge in [-0.1, -0.05) is 12.1 Å². The van der Waals surface area contributed by atoms with E-state index in [1.54, 1.807) is 18.2 Å². The molecule has 6 heteroatoms. The molecular formula is C25H23FN2O3. The number of ether oxygens (including phenoxy) is 1. The van der Waals surface area contributed by atoms with Crippen molar-refractivity contribution >= 4 is 23.2 Å². The number of nitrogens with one attached hydrogen (secondary N) is 2. The Morgan fingerprint density at radius 1 is 0.839 bits per heavy atom. The van der Waals surface area contributed by atoms with Gasteiger partial charge in [-0.05, 0) is 85.3 Å². The zero-order valence-electron chi connectivity index (χ0n) is 17.2. The van der Waals surface area contributed by atoms with E-state index >= 15 is 0 Å².